The van der Waals surface area contributed by atoms with E-state index in [1.807, 2.05) is 41.3 Å². The fourth-order valence-corrected chi connectivity index (χ4v) is 6.15. The van der Waals surface area contributed by atoms with Crippen LogP contribution < -0.4 is 4.90 Å². The van der Waals surface area contributed by atoms with Gasteiger partial charge in [0.05, 0.1) is 6.04 Å². The number of hydrogen-bond acceptors (Lipinski definition) is 4. The molecule has 0 aliphatic carbocycles. The molecule has 2 aromatic carbocycles. The second-order valence-electron chi connectivity index (χ2n) is 11.8. The van der Waals surface area contributed by atoms with Gasteiger partial charge in [-0.15, -0.1) is 0 Å². The summed E-state index contributed by atoms with van der Waals surface area (Å²) in [6.45, 7) is 13.1. The summed E-state index contributed by atoms with van der Waals surface area (Å²) in [7, 11) is 0. The molecule has 1 atom stereocenters. The number of carbonyl (C=O) groups is 2. The standard InChI is InChI=1S/C34H49Cl2N3O2/c1-5-7-11-17-37(18-12-8-6-2)32(24-27-15-16-28(35)25-30(27)36)34(41)39-21-19-38(20-22-39)31-14-10-9-13-29(31)33(40)23-26(3)4/h9-10,13-16,25-26,32H,5-8,11-12,17-24H2,1-4H3/t32-/m1/s1. The minimum Gasteiger partial charge on any atom is -0.367 e. The van der Waals surface area contributed by atoms with Crippen LogP contribution in [0.2, 0.25) is 10.0 Å². The van der Waals surface area contributed by atoms with Crippen LogP contribution in [0, 0.1) is 5.92 Å². The van der Waals surface area contributed by atoms with Crippen LogP contribution >= 0.6 is 23.2 Å². The molecular formula is C34H49Cl2N3O2. The molecule has 0 aromatic heterocycles. The Kier molecular flexibility index (Phi) is 14.0. The summed E-state index contributed by atoms with van der Waals surface area (Å²) >= 11 is 12.8. The monoisotopic (exact) mass is 601 g/mol. The van der Waals surface area contributed by atoms with Crippen LogP contribution in [-0.4, -0.2) is 66.8 Å². The molecule has 1 aliphatic heterocycles. The Labute approximate surface area is 258 Å². The number of amides is 1. The second-order valence-corrected chi connectivity index (χ2v) is 12.6. The summed E-state index contributed by atoms with van der Waals surface area (Å²) in [5, 5.41) is 1.22. The minimum absolute atomic E-state index is 0.174. The molecule has 3 rings (SSSR count). The predicted molar refractivity (Wildman–Crippen MR) is 174 cm³/mol. The molecule has 1 saturated heterocycles. The number of rotatable bonds is 16. The van der Waals surface area contributed by atoms with Crippen molar-refractivity contribution < 1.29 is 9.59 Å². The maximum Gasteiger partial charge on any atom is 0.240 e. The lowest BCUT2D eigenvalue weighted by atomic mass is 9.99. The molecule has 2 aromatic rings. The van der Waals surface area contributed by atoms with Crippen molar-refractivity contribution in [1.29, 1.82) is 0 Å². The highest BCUT2D eigenvalue weighted by atomic mass is 35.5. The number of piperazine rings is 1. The highest BCUT2D eigenvalue weighted by Gasteiger charge is 2.33. The Morgan fingerprint density at radius 1 is 0.878 bits per heavy atom. The van der Waals surface area contributed by atoms with Gasteiger partial charge in [0.2, 0.25) is 5.91 Å². The van der Waals surface area contributed by atoms with Gasteiger partial charge in [0, 0.05) is 53.9 Å². The molecule has 1 aliphatic rings. The van der Waals surface area contributed by atoms with E-state index in [0.29, 0.717) is 55.0 Å². The van der Waals surface area contributed by atoms with Gasteiger partial charge in [0.1, 0.15) is 0 Å². The van der Waals surface area contributed by atoms with Crippen LogP contribution in [-0.2, 0) is 11.2 Å². The lowest BCUT2D eigenvalue weighted by Crippen LogP contribution is -2.56. The van der Waals surface area contributed by atoms with Gasteiger partial charge >= 0.3 is 0 Å². The van der Waals surface area contributed by atoms with Crippen LogP contribution in [0.4, 0.5) is 5.69 Å². The summed E-state index contributed by atoms with van der Waals surface area (Å²) in [6, 6.07) is 13.2. The van der Waals surface area contributed by atoms with Crippen molar-refractivity contribution in [3.63, 3.8) is 0 Å². The Bertz CT molecular complexity index is 1100. The van der Waals surface area contributed by atoms with Gasteiger partial charge < -0.3 is 9.80 Å². The molecule has 1 heterocycles. The SMILES string of the molecule is CCCCCN(CCCCC)[C@H](Cc1ccc(Cl)cc1Cl)C(=O)N1CCN(c2ccccc2C(=O)CC(C)C)CC1. The zero-order chi connectivity index (χ0) is 29.8. The van der Waals surface area contributed by atoms with Crippen molar-refractivity contribution in [2.45, 2.75) is 85.1 Å². The first kappa shape index (κ1) is 33.4. The molecule has 0 radical (unpaired) electrons. The van der Waals surface area contributed by atoms with Crippen molar-refractivity contribution in [2.24, 2.45) is 5.92 Å². The van der Waals surface area contributed by atoms with E-state index in [1.54, 1.807) is 6.07 Å². The van der Waals surface area contributed by atoms with E-state index >= 15 is 0 Å². The maximum atomic E-state index is 14.3. The van der Waals surface area contributed by atoms with Gasteiger partial charge in [-0.2, -0.15) is 0 Å². The molecule has 1 amide bonds. The number of nitrogens with zero attached hydrogens (tertiary/aromatic N) is 3. The Balaban J connectivity index is 1.80. The third kappa shape index (κ3) is 10.0. The molecule has 1 fully saturated rings. The lowest BCUT2D eigenvalue weighted by molar-refractivity contribution is -0.137. The van der Waals surface area contributed by atoms with E-state index < -0.39 is 0 Å². The largest absolute Gasteiger partial charge is 0.367 e. The normalized spacial score (nSPS) is 14.6. The Morgan fingerprint density at radius 2 is 1.51 bits per heavy atom. The number of ketones is 1. The van der Waals surface area contributed by atoms with Crippen molar-refractivity contribution in [2.75, 3.05) is 44.2 Å². The van der Waals surface area contributed by atoms with Gasteiger partial charge in [-0.1, -0.05) is 94.8 Å². The molecule has 226 valence electrons. The van der Waals surface area contributed by atoms with Crippen LogP contribution in [0.25, 0.3) is 0 Å². The fourth-order valence-electron chi connectivity index (χ4n) is 5.67. The molecule has 7 heteroatoms. The first-order chi connectivity index (χ1) is 19.7. The van der Waals surface area contributed by atoms with E-state index in [1.165, 1.54) is 0 Å². The molecule has 0 unspecified atom stereocenters. The molecule has 41 heavy (non-hydrogen) atoms. The average molecular weight is 603 g/mol. The van der Waals surface area contributed by atoms with Crippen LogP contribution in [0.5, 0.6) is 0 Å². The average Bonchev–Trinajstić information content (AvgIpc) is 2.96. The van der Waals surface area contributed by atoms with Gasteiger partial charge in [-0.3, -0.25) is 14.5 Å². The van der Waals surface area contributed by atoms with Gasteiger partial charge in [0.25, 0.3) is 0 Å². The van der Waals surface area contributed by atoms with Crippen molar-refractivity contribution in [1.82, 2.24) is 9.80 Å². The summed E-state index contributed by atoms with van der Waals surface area (Å²) in [5.41, 5.74) is 2.73. The third-order valence-corrected chi connectivity index (χ3v) is 8.57. The van der Waals surface area contributed by atoms with E-state index in [4.69, 9.17) is 23.2 Å². The predicted octanol–water partition coefficient (Wildman–Crippen LogP) is 8.16. The number of halogens is 2. The quantitative estimate of drug-likeness (QED) is 0.144. The van der Waals surface area contributed by atoms with E-state index in [9.17, 15) is 9.59 Å². The molecular weight excluding hydrogens is 553 g/mol. The van der Waals surface area contributed by atoms with Crippen LogP contribution in [0.15, 0.2) is 42.5 Å². The zero-order valence-electron chi connectivity index (χ0n) is 25.5. The summed E-state index contributed by atoms with van der Waals surface area (Å²) in [6.07, 6.45) is 7.86. The number of para-hydroxylation sites is 1. The fraction of sp³-hybridized carbons (Fsp3) is 0.588. The van der Waals surface area contributed by atoms with Gasteiger partial charge in [0.15, 0.2) is 5.78 Å². The number of hydrogen-bond donors (Lipinski definition) is 0. The summed E-state index contributed by atoms with van der Waals surface area (Å²) < 4.78 is 0. The molecule has 5 nitrogen and oxygen atoms in total. The number of anilines is 1. The second kappa shape index (κ2) is 17.1. The number of Topliss-reactive ketones (excluding diaryl/α,β-unsaturated/α-hetero) is 1. The smallest absolute Gasteiger partial charge is 0.240 e. The van der Waals surface area contributed by atoms with E-state index in [0.717, 1.165) is 68.4 Å². The molecule has 0 saturated carbocycles. The zero-order valence-corrected chi connectivity index (χ0v) is 27.0. The van der Waals surface area contributed by atoms with E-state index in [-0.39, 0.29) is 17.7 Å². The topological polar surface area (TPSA) is 43.9 Å². The van der Waals surface area contributed by atoms with Crippen molar-refractivity contribution >= 4 is 40.6 Å². The molecule has 0 N–H and O–H groups in total. The van der Waals surface area contributed by atoms with Gasteiger partial charge in [-0.05, 0) is 68.1 Å². The van der Waals surface area contributed by atoms with Crippen LogP contribution in [0.3, 0.4) is 0 Å². The Morgan fingerprint density at radius 3 is 2.10 bits per heavy atom. The van der Waals surface area contributed by atoms with Crippen molar-refractivity contribution in [3.05, 3.63) is 63.6 Å². The first-order valence-corrected chi connectivity index (χ1v) is 16.3. The Hall–Kier alpha value is -2.08. The summed E-state index contributed by atoms with van der Waals surface area (Å²) in [4.78, 5) is 33.9. The number of benzene rings is 2. The molecule has 0 spiro atoms. The minimum atomic E-state index is -0.270. The lowest BCUT2D eigenvalue weighted by Gasteiger charge is -2.40. The first-order valence-electron chi connectivity index (χ1n) is 15.6. The molecule has 0 bridgehead atoms. The van der Waals surface area contributed by atoms with Gasteiger partial charge in [-0.25, -0.2) is 0 Å². The van der Waals surface area contributed by atoms with Crippen LogP contribution in [0.1, 0.15) is 88.6 Å². The van der Waals surface area contributed by atoms with E-state index in [2.05, 4.69) is 37.5 Å². The van der Waals surface area contributed by atoms with Crippen molar-refractivity contribution in [3.8, 4) is 0 Å². The number of unbranched alkanes of at least 4 members (excludes halogenated alkanes) is 4. The highest BCUT2D eigenvalue weighted by Crippen LogP contribution is 2.27. The number of carbonyl (C=O) groups excluding carboxylic acids is 2. The highest BCUT2D eigenvalue weighted by molar-refractivity contribution is 6.35. The maximum absolute atomic E-state index is 14.3. The third-order valence-electron chi connectivity index (χ3n) is 7.98. The summed E-state index contributed by atoms with van der Waals surface area (Å²) in [5.74, 6) is 0.672.